The summed E-state index contributed by atoms with van der Waals surface area (Å²) in [7, 11) is 0. The number of aliphatic hydroxyl groups is 3. The molecule has 1 aliphatic rings. The normalized spacial score (nSPS) is 40.2. The summed E-state index contributed by atoms with van der Waals surface area (Å²) in [4.78, 5) is 9.43. The van der Waals surface area contributed by atoms with E-state index in [4.69, 9.17) is 14.9 Å². The smallest absolute Gasteiger partial charge is 0.232 e. The number of rotatable bonds is 2. The quantitative estimate of drug-likeness (QED) is 0.337. The Morgan fingerprint density at radius 3 is 2.54 bits per heavy atom. The maximum absolute atomic E-state index is 10.1. The standard InChI is InChI=1S/C6H11NO6/c8-3-2-13-4(1-7(11)12)6(10)5(3)9/h3-6,8-10H,1-2H2/t3-,4-,5-,6+/m1/s1. The summed E-state index contributed by atoms with van der Waals surface area (Å²) in [5.41, 5.74) is 0. The highest BCUT2D eigenvalue weighted by molar-refractivity contribution is 4.86. The van der Waals surface area contributed by atoms with Crippen LogP contribution in [0.3, 0.4) is 0 Å². The van der Waals surface area contributed by atoms with Crippen molar-refractivity contribution >= 4 is 0 Å². The molecule has 1 heterocycles. The molecule has 1 rings (SSSR count). The molecule has 0 amide bonds. The summed E-state index contributed by atoms with van der Waals surface area (Å²) < 4.78 is 4.78. The van der Waals surface area contributed by atoms with Crippen molar-refractivity contribution in [3.8, 4) is 0 Å². The van der Waals surface area contributed by atoms with Crippen LogP contribution in [0, 0.1) is 10.1 Å². The predicted molar refractivity (Wildman–Crippen MR) is 39.6 cm³/mol. The lowest BCUT2D eigenvalue weighted by Crippen LogP contribution is -2.54. The molecule has 0 aromatic heterocycles. The molecule has 1 saturated heterocycles. The van der Waals surface area contributed by atoms with Crippen LogP contribution in [-0.2, 0) is 4.74 Å². The van der Waals surface area contributed by atoms with Gasteiger partial charge >= 0.3 is 0 Å². The van der Waals surface area contributed by atoms with Crippen LogP contribution in [0.25, 0.3) is 0 Å². The number of ether oxygens (including phenoxy) is 1. The molecule has 3 N–H and O–H groups in total. The van der Waals surface area contributed by atoms with Gasteiger partial charge in [-0.25, -0.2) is 0 Å². The Labute approximate surface area is 73.7 Å². The van der Waals surface area contributed by atoms with Gasteiger partial charge in [-0.3, -0.25) is 10.1 Å². The van der Waals surface area contributed by atoms with Crippen LogP contribution in [0.2, 0.25) is 0 Å². The van der Waals surface area contributed by atoms with Gasteiger partial charge < -0.3 is 20.1 Å². The molecule has 7 heteroatoms. The fourth-order valence-electron chi connectivity index (χ4n) is 1.17. The highest BCUT2D eigenvalue weighted by atomic mass is 16.6. The van der Waals surface area contributed by atoms with E-state index >= 15 is 0 Å². The van der Waals surface area contributed by atoms with E-state index in [1.807, 2.05) is 0 Å². The maximum Gasteiger partial charge on any atom is 0.232 e. The molecular formula is C6H11NO6. The number of aliphatic hydroxyl groups excluding tert-OH is 3. The van der Waals surface area contributed by atoms with Gasteiger partial charge in [0.15, 0.2) is 6.10 Å². The van der Waals surface area contributed by atoms with E-state index in [1.165, 1.54) is 0 Å². The second-order valence-corrected chi connectivity index (χ2v) is 2.94. The maximum atomic E-state index is 10.1. The second-order valence-electron chi connectivity index (χ2n) is 2.94. The second kappa shape index (κ2) is 3.97. The van der Waals surface area contributed by atoms with Gasteiger partial charge in [0.25, 0.3) is 0 Å². The molecule has 1 aliphatic heterocycles. The van der Waals surface area contributed by atoms with Crippen molar-refractivity contribution in [2.75, 3.05) is 13.2 Å². The largest absolute Gasteiger partial charge is 0.388 e. The van der Waals surface area contributed by atoms with E-state index in [0.717, 1.165) is 0 Å². The van der Waals surface area contributed by atoms with E-state index in [0.29, 0.717) is 0 Å². The van der Waals surface area contributed by atoms with Crippen LogP contribution in [-0.4, -0.2) is 57.8 Å². The Kier molecular flexibility index (Phi) is 3.15. The van der Waals surface area contributed by atoms with Crippen molar-refractivity contribution in [2.24, 2.45) is 0 Å². The number of hydrogen-bond donors (Lipinski definition) is 3. The SMILES string of the molecule is O=[N+]([O-])C[C@H]1OC[C@@H](O)[C@@H](O)[C@H]1O. The summed E-state index contributed by atoms with van der Waals surface area (Å²) in [5.74, 6) is 0. The third-order valence-corrected chi connectivity index (χ3v) is 1.94. The molecule has 7 nitrogen and oxygen atoms in total. The van der Waals surface area contributed by atoms with Crippen molar-refractivity contribution in [2.45, 2.75) is 24.4 Å². The van der Waals surface area contributed by atoms with Crippen LogP contribution in [0.5, 0.6) is 0 Å². The van der Waals surface area contributed by atoms with E-state index in [-0.39, 0.29) is 6.61 Å². The molecule has 0 aromatic rings. The van der Waals surface area contributed by atoms with Crippen LogP contribution in [0.15, 0.2) is 0 Å². The lowest BCUT2D eigenvalue weighted by molar-refractivity contribution is -0.497. The summed E-state index contributed by atoms with van der Waals surface area (Å²) in [6.45, 7) is -0.776. The van der Waals surface area contributed by atoms with Gasteiger partial charge in [-0.2, -0.15) is 0 Å². The average molecular weight is 193 g/mol. The number of hydrogen-bond acceptors (Lipinski definition) is 6. The van der Waals surface area contributed by atoms with Crippen molar-refractivity contribution in [3.63, 3.8) is 0 Å². The van der Waals surface area contributed by atoms with Gasteiger partial charge in [-0.15, -0.1) is 0 Å². The van der Waals surface area contributed by atoms with E-state index in [9.17, 15) is 15.2 Å². The van der Waals surface area contributed by atoms with E-state index in [1.54, 1.807) is 0 Å². The Hall–Kier alpha value is -0.760. The van der Waals surface area contributed by atoms with Crippen molar-refractivity contribution in [1.29, 1.82) is 0 Å². The molecule has 0 spiro atoms. The molecule has 0 aliphatic carbocycles. The van der Waals surface area contributed by atoms with Crippen LogP contribution in [0.4, 0.5) is 0 Å². The molecule has 0 radical (unpaired) electrons. The van der Waals surface area contributed by atoms with Crippen molar-refractivity contribution in [1.82, 2.24) is 0 Å². The highest BCUT2D eigenvalue weighted by Crippen LogP contribution is 2.15. The number of nitrogens with zero attached hydrogens (tertiary/aromatic N) is 1. The van der Waals surface area contributed by atoms with Gasteiger partial charge in [0.05, 0.1) is 6.61 Å². The molecule has 0 saturated carbocycles. The Morgan fingerprint density at radius 1 is 1.38 bits per heavy atom. The minimum Gasteiger partial charge on any atom is -0.388 e. The third kappa shape index (κ3) is 2.34. The van der Waals surface area contributed by atoms with Crippen LogP contribution in [0.1, 0.15) is 0 Å². The zero-order valence-corrected chi connectivity index (χ0v) is 6.74. The molecule has 1 fully saturated rings. The summed E-state index contributed by atoms with van der Waals surface area (Å²) >= 11 is 0. The van der Waals surface area contributed by atoms with Gasteiger partial charge in [-0.1, -0.05) is 0 Å². The Balaban J connectivity index is 2.53. The Morgan fingerprint density at radius 2 is 2.00 bits per heavy atom. The first-order chi connectivity index (χ1) is 6.02. The van der Waals surface area contributed by atoms with Gasteiger partial charge in [0.1, 0.15) is 18.3 Å². The molecule has 0 bridgehead atoms. The number of nitro groups is 1. The Bertz CT molecular complexity index is 198. The zero-order chi connectivity index (χ0) is 10.0. The predicted octanol–water partition coefficient (Wildman–Crippen LogP) is -2.26. The lowest BCUT2D eigenvalue weighted by atomic mass is 10.0. The molecule has 0 aromatic carbocycles. The third-order valence-electron chi connectivity index (χ3n) is 1.94. The summed E-state index contributed by atoms with van der Waals surface area (Å²) in [6, 6.07) is 0. The minimum absolute atomic E-state index is 0.198. The van der Waals surface area contributed by atoms with Crippen molar-refractivity contribution < 1.29 is 25.0 Å². The first-order valence-corrected chi connectivity index (χ1v) is 3.80. The van der Waals surface area contributed by atoms with E-state index < -0.39 is 35.9 Å². The highest BCUT2D eigenvalue weighted by Gasteiger charge is 2.39. The van der Waals surface area contributed by atoms with Crippen LogP contribution < -0.4 is 0 Å². The minimum atomic E-state index is -1.41. The van der Waals surface area contributed by atoms with Crippen LogP contribution >= 0.6 is 0 Å². The zero-order valence-electron chi connectivity index (χ0n) is 6.74. The molecule has 4 atom stereocenters. The van der Waals surface area contributed by atoms with Gasteiger partial charge in [-0.05, 0) is 0 Å². The van der Waals surface area contributed by atoms with E-state index in [2.05, 4.69) is 0 Å². The van der Waals surface area contributed by atoms with Gasteiger partial charge in [0.2, 0.25) is 6.54 Å². The molecular weight excluding hydrogens is 182 g/mol. The fraction of sp³-hybridized carbons (Fsp3) is 1.00. The summed E-state index contributed by atoms with van der Waals surface area (Å²) in [6.07, 6.45) is -5.01. The summed E-state index contributed by atoms with van der Waals surface area (Å²) in [5, 5.41) is 37.4. The first-order valence-electron chi connectivity index (χ1n) is 3.80. The first kappa shape index (κ1) is 10.3. The topological polar surface area (TPSA) is 113 Å². The lowest BCUT2D eigenvalue weighted by Gasteiger charge is -2.33. The fourth-order valence-corrected chi connectivity index (χ4v) is 1.17. The van der Waals surface area contributed by atoms with Gasteiger partial charge in [0, 0.05) is 4.92 Å². The molecule has 76 valence electrons. The van der Waals surface area contributed by atoms with Crippen molar-refractivity contribution in [3.05, 3.63) is 10.1 Å². The molecule has 13 heavy (non-hydrogen) atoms. The molecule has 0 unspecified atom stereocenters. The average Bonchev–Trinajstić information content (AvgIpc) is 2.06. The monoisotopic (exact) mass is 193 g/mol.